The van der Waals surface area contributed by atoms with Crippen LogP contribution in [-0.4, -0.2) is 41.7 Å². The lowest BCUT2D eigenvalue weighted by Crippen LogP contribution is -2.23. The van der Waals surface area contributed by atoms with Gasteiger partial charge in [-0.3, -0.25) is 9.59 Å². The van der Waals surface area contributed by atoms with E-state index >= 15 is 0 Å². The van der Waals surface area contributed by atoms with E-state index in [4.69, 9.17) is 0 Å². The summed E-state index contributed by atoms with van der Waals surface area (Å²) in [4.78, 5) is 25.2. The molecule has 3 aromatic carbocycles. The number of anilines is 2. The highest BCUT2D eigenvalue weighted by Crippen LogP contribution is 2.17. The van der Waals surface area contributed by atoms with Crippen LogP contribution in [0.1, 0.15) is 20.7 Å². The van der Waals surface area contributed by atoms with Crippen LogP contribution in [0.5, 0.6) is 0 Å². The van der Waals surface area contributed by atoms with Gasteiger partial charge in [-0.1, -0.05) is 12.2 Å². The average molecular weight is 555 g/mol. The molecule has 10 nitrogen and oxygen atoms in total. The van der Waals surface area contributed by atoms with Gasteiger partial charge in [0.1, 0.15) is 0 Å². The fourth-order valence-electron chi connectivity index (χ4n) is 3.12. The molecule has 0 aromatic heterocycles. The number of hydrogen-bond donors (Lipinski definition) is 4. The molecule has 0 unspecified atom stereocenters. The Morgan fingerprint density at radius 1 is 0.579 bits per heavy atom. The van der Waals surface area contributed by atoms with Crippen LogP contribution >= 0.6 is 0 Å². The van der Waals surface area contributed by atoms with Crippen molar-refractivity contribution in [3.05, 3.63) is 109 Å². The number of benzene rings is 3. The van der Waals surface area contributed by atoms with Crippen LogP contribution in [0.25, 0.3) is 0 Å². The largest absolute Gasteiger partial charge is 0.322 e. The molecule has 0 bridgehead atoms. The number of carbonyl (C=O) groups is 2. The van der Waals surface area contributed by atoms with E-state index in [1.165, 1.54) is 84.9 Å². The Balaban J connectivity index is 1.60. The van der Waals surface area contributed by atoms with Crippen molar-refractivity contribution in [2.75, 3.05) is 23.7 Å². The van der Waals surface area contributed by atoms with E-state index in [1.807, 2.05) is 0 Å². The number of hydrogen-bond acceptors (Lipinski definition) is 6. The number of rotatable bonds is 12. The van der Waals surface area contributed by atoms with E-state index < -0.39 is 31.9 Å². The number of sulfonamides is 2. The highest BCUT2D eigenvalue weighted by Gasteiger charge is 2.15. The average Bonchev–Trinajstić information content (AvgIpc) is 2.91. The van der Waals surface area contributed by atoms with Gasteiger partial charge < -0.3 is 10.6 Å². The second-order valence-corrected chi connectivity index (χ2v) is 11.3. The molecule has 4 N–H and O–H groups in total. The minimum absolute atomic E-state index is 0.0494. The van der Waals surface area contributed by atoms with Crippen LogP contribution in [0.15, 0.2) is 108 Å². The Kier molecular flexibility index (Phi) is 9.31. The first kappa shape index (κ1) is 28.5. The molecule has 12 heteroatoms. The maximum atomic E-state index is 12.6. The molecular weight excluding hydrogens is 528 g/mol. The van der Waals surface area contributed by atoms with E-state index in [-0.39, 0.29) is 34.0 Å². The van der Waals surface area contributed by atoms with Gasteiger partial charge in [0, 0.05) is 35.6 Å². The first-order valence-electron chi connectivity index (χ1n) is 11.2. The molecule has 0 saturated heterocycles. The molecule has 0 radical (unpaired) electrons. The standard InChI is InChI=1S/C26H26N4O6S2/c1-3-17-27-37(33,34)23-13-9-21(10-14-23)29-25(31)19-5-7-20(8-6-19)26(32)30-22-11-15-24(16-12-22)38(35,36)28-18-4-2/h3-16,27-28H,1-2,17-18H2,(H,29,31)(H,30,32). The molecule has 0 heterocycles. The molecular formula is C26H26N4O6S2. The summed E-state index contributed by atoms with van der Waals surface area (Å²) in [5, 5.41) is 5.34. The maximum Gasteiger partial charge on any atom is 0.255 e. The Hall–Kier alpha value is -4.10. The van der Waals surface area contributed by atoms with Crippen molar-refractivity contribution in [2.24, 2.45) is 0 Å². The van der Waals surface area contributed by atoms with Crippen LogP contribution in [0.4, 0.5) is 11.4 Å². The Morgan fingerprint density at radius 2 is 0.895 bits per heavy atom. The highest BCUT2D eigenvalue weighted by atomic mass is 32.2. The lowest BCUT2D eigenvalue weighted by molar-refractivity contribution is 0.101. The Labute approximate surface area is 221 Å². The molecule has 0 spiro atoms. The smallest absolute Gasteiger partial charge is 0.255 e. The lowest BCUT2D eigenvalue weighted by atomic mass is 10.1. The first-order valence-corrected chi connectivity index (χ1v) is 14.2. The summed E-state index contributed by atoms with van der Waals surface area (Å²) in [7, 11) is -7.34. The summed E-state index contributed by atoms with van der Waals surface area (Å²) in [6.45, 7) is 7.12. The van der Waals surface area contributed by atoms with Gasteiger partial charge in [-0.05, 0) is 72.8 Å². The van der Waals surface area contributed by atoms with Crippen molar-refractivity contribution in [2.45, 2.75) is 9.79 Å². The van der Waals surface area contributed by atoms with Crippen LogP contribution < -0.4 is 20.1 Å². The molecule has 2 amide bonds. The summed E-state index contributed by atoms with van der Waals surface area (Å²) in [6, 6.07) is 17.2. The number of nitrogens with one attached hydrogen (secondary N) is 4. The second kappa shape index (κ2) is 12.4. The van der Waals surface area contributed by atoms with Crippen LogP contribution in [0, 0.1) is 0 Å². The minimum Gasteiger partial charge on any atom is -0.322 e. The fraction of sp³-hybridized carbons (Fsp3) is 0.0769. The molecule has 0 aliphatic rings. The number of carbonyl (C=O) groups excluding carboxylic acids is 2. The Morgan fingerprint density at radius 3 is 1.18 bits per heavy atom. The van der Waals surface area contributed by atoms with E-state index in [0.717, 1.165) is 0 Å². The zero-order valence-electron chi connectivity index (χ0n) is 20.2. The second-order valence-electron chi connectivity index (χ2n) is 7.82. The Bertz CT molecular complexity index is 1410. The summed E-state index contributed by atoms with van der Waals surface area (Å²) >= 11 is 0. The molecule has 3 rings (SSSR count). The minimum atomic E-state index is -3.67. The third-order valence-electron chi connectivity index (χ3n) is 5.09. The van der Waals surface area contributed by atoms with Crippen molar-refractivity contribution < 1.29 is 26.4 Å². The molecule has 0 saturated carbocycles. The lowest BCUT2D eigenvalue weighted by Gasteiger charge is -2.09. The van der Waals surface area contributed by atoms with Crippen molar-refractivity contribution in [3.8, 4) is 0 Å². The normalized spacial score (nSPS) is 11.4. The van der Waals surface area contributed by atoms with Crippen molar-refractivity contribution in [1.29, 1.82) is 0 Å². The first-order chi connectivity index (χ1) is 18.1. The SMILES string of the molecule is C=CCNS(=O)(=O)c1ccc(NC(=O)c2ccc(C(=O)Nc3ccc(S(=O)(=O)NCC=C)cc3)cc2)cc1. The van der Waals surface area contributed by atoms with Gasteiger partial charge in [0.05, 0.1) is 9.79 Å². The third kappa shape index (κ3) is 7.46. The van der Waals surface area contributed by atoms with Crippen LogP contribution in [0.3, 0.4) is 0 Å². The van der Waals surface area contributed by atoms with Crippen molar-refractivity contribution >= 4 is 43.2 Å². The molecule has 0 fully saturated rings. The van der Waals surface area contributed by atoms with Gasteiger partial charge >= 0.3 is 0 Å². The van der Waals surface area contributed by atoms with E-state index in [1.54, 1.807) is 0 Å². The molecule has 0 atom stereocenters. The molecule has 0 aliphatic heterocycles. The van der Waals surface area contributed by atoms with Crippen LogP contribution in [-0.2, 0) is 20.0 Å². The monoisotopic (exact) mass is 554 g/mol. The molecule has 3 aromatic rings. The van der Waals surface area contributed by atoms with Crippen LogP contribution in [0.2, 0.25) is 0 Å². The highest BCUT2D eigenvalue weighted by molar-refractivity contribution is 7.89. The summed E-state index contributed by atoms with van der Waals surface area (Å²) < 4.78 is 53.2. The van der Waals surface area contributed by atoms with Gasteiger partial charge in [0.25, 0.3) is 11.8 Å². The number of amides is 2. The van der Waals surface area contributed by atoms with Crippen molar-refractivity contribution in [3.63, 3.8) is 0 Å². The third-order valence-corrected chi connectivity index (χ3v) is 7.97. The summed E-state index contributed by atoms with van der Waals surface area (Å²) in [5.41, 5.74) is 1.36. The van der Waals surface area contributed by atoms with E-state index in [0.29, 0.717) is 11.4 Å². The van der Waals surface area contributed by atoms with Gasteiger partial charge in [0.2, 0.25) is 20.0 Å². The summed E-state index contributed by atoms with van der Waals surface area (Å²) in [6.07, 6.45) is 2.86. The van der Waals surface area contributed by atoms with Gasteiger partial charge in [-0.25, -0.2) is 26.3 Å². The van der Waals surface area contributed by atoms with E-state index in [2.05, 4.69) is 33.2 Å². The molecule has 38 heavy (non-hydrogen) atoms. The van der Waals surface area contributed by atoms with Gasteiger partial charge in [0.15, 0.2) is 0 Å². The molecule has 0 aliphatic carbocycles. The van der Waals surface area contributed by atoms with Gasteiger partial charge in [-0.2, -0.15) is 0 Å². The summed E-state index contributed by atoms with van der Waals surface area (Å²) in [5.74, 6) is -0.890. The molecule has 198 valence electrons. The predicted octanol–water partition coefficient (Wildman–Crippen LogP) is 3.12. The fourth-order valence-corrected chi connectivity index (χ4v) is 5.11. The predicted molar refractivity (Wildman–Crippen MR) is 146 cm³/mol. The zero-order valence-corrected chi connectivity index (χ0v) is 21.8. The van der Waals surface area contributed by atoms with Crippen molar-refractivity contribution in [1.82, 2.24) is 9.44 Å². The van der Waals surface area contributed by atoms with Gasteiger partial charge in [-0.15, -0.1) is 13.2 Å². The quantitative estimate of drug-likeness (QED) is 0.253. The topological polar surface area (TPSA) is 151 Å². The zero-order chi connectivity index (χ0) is 27.8. The van der Waals surface area contributed by atoms with E-state index in [9.17, 15) is 26.4 Å². The maximum absolute atomic E-state index is 12.6.